The Morgan fingerprint density at radius 1 is 1.11 bits per heavy atom. The number of hydrogen-bond acceptors (Lipinski definition) is 2. The summed E-state index contributed by atoms with van der Waals surface area (Å²) in [7, 11) is 0. The molecule has 1 amide bonds. The molecule has 2 aromatic carbocycles. The van der Waals surface area contributed by atoms with Crippen molar-refractivity contribution in [2.75, 3.05) is 0 Å². The molecule has 2 unspecified atom stereocenters. The summed E-state index contributed by atoms with van der Waals surface area (Å²) < 4.78 is 38.6. The number of amides is 1. The van der Waals surface area contributed by atoms with Gasteiger partial charge in [-0.05, 0) is 35.3 Å². The first kappa shape index (κ1) is 18.9. The van der Waals surface area contributed by atoms with E-state index in [2.05, 4.69) is 11.9 Å². The van der Waals surface area contributed by atoms with Gasteiger partial charge in [0.15, 0.2) is 0 Å². The smallest absolute Gasteiger partial charge is 0.346 e. The monoisotopic (exact) mass is 373 g/mol. The maximum atomic E-state index is 12.9. The van der Waals surface area contributed by atoms with Gasteiger partial charge in [-0.25, -0.2) is 0 Å². The summed E-state index contributed by atoms with van der Waals surface area (Å²) in [5.41, 5.74) is 1.22. The molecule has 27 heavy (non-hydrogen) atoms. The van der Waals surface area contributed by atoms with E-state index in [1.54, 1.807) is 6.07 Å². The van der Waals surface area contributed by atoms with E-state index in [1.807, 2.05) is 18.2 Å². The molecule has 1 aliphatic carbocycles. The van der Waals surface area contributed by atoms with Crippen molar-refractivity contribution in [2.45, 2.75) is 31.0 Å². The van der Waals surface area contributed by atoms with Crippen molar-refractivity contribution in [3.63, 3.8) is 0 Å². The van der Waals surface area contributed by atoms with Crippen molar-refractivity contribution in [3.05, 3.63) is 83.4 Å². The third-order valence-electron chi connectivity index (χ3n) is 4.74. The Kier molecular flexibility index (Phi) is 5.17. The van der Waals surface area contributed by atoms with E-state index in [9.17, 15) is 22.8 Å². The minimum absolute atomic E-state index is 0.0922. The van der Waals surface area contributed by atoms with Gasteiger partial charge in [0.1, 0.15) is 5.78 Å². The molecule has 0 bridgehead atoms. The fourth-order valence-electron chi connectivity index (χ4n) is 3.49. The van der Waals surface area contributed by atoms with Crippen LogP contribution in [0.1, 0.15) is 40.6 Å². The number of carbonyl (C=O) groups is 2. The van der Waals surface area contributed by atoms with Crippen molar-refractivity contribution in [2.24, 2.45) is 0 Å². The Morgan fingerprint density at radius 2 is 1.81 bits per heavy atom. The second-order valence-electron chi connectivity index (χ2n) is 6.52. The van der Waals surface area contributed by atoms with Crippen molar-refractivity contribution in [1.29, 1.82) is 0 Å². The van der Waals surface area contributed by atoms with E-state index < -0.39 is 17.7 Å². The quantitative estimate of drug-likeness (QED) is 0.792. The summed E-state index contributed by atoms with van der Waals surface area (Å²) in [6.45, 7) is 3.43. The van der Waals surface area contributed by atoms with Crippen LogP contribution in [0.3, 0.4) is 0 Å². The van der Waals surface area contributed by atoms with Crippen LogP contribution in [0.15, 0.2) is 61.2 Å². The molecule has 140 valence electrons. The van der Waals surface area contributed by atoms with Crippen LogP contribution in [0.25, 0.3) is 0 Å². The van der Waals surface area contributed by atoms with Gasteiger partial charge < -0.3 is 5.32 Å². The Bertz CT molecular complexity index is 889. The van der Waals surface area contributed by atoms with E-state index in [4.69, 9.17) is 0 Å². The van der Waals surface area contributed by atoms with Gasteiger partial charge in [0, 0.05) is 12.3 Å². The molecular weight excluding hydrogens is 355 g/mol. The summed E-state index contributed by atoms with van der Waals surface area (Å²) in [5.74, 6) is -0.969. The van der Waals surface area contributed by atoms with E-state index in [0.29, 0.717) is 12.0 Å². The van der Waals surface area contributed by atoms with Crippen LogP contribution in [0.5, 0.6) is 0 Å². The second-order valence-corrected chi connectivity index (χ2v) is 6.52. The van der Waals surface area contributed by atoms with Gasteiger partial charge in [-0.3, -0.25) is 9.59 Å². The first-order valence-corrected chi connectivity index (χ1v) is 8.50. The molecular formula is C21H18F3NO2. The van der Waals surface area contributed by atoms with Crippen LogP contribution in [0.4, 0.5) is 13.2 Å². The van der Waals surface area contributed by atoms with Crippen LogP contribution in [0, 0.1) is 0 Å². The number of rotatable bonds is 5. The topological polar surface area (TPSA) is 46.2 Å². The summed E-state index contributed by atoms with van der Waals surface area (Å²) in [5, 5.41) is 2.80. The zero-order valence-electron chi connectivity index (χ0n) is 14.4. The fourth-order valence-corrected chi connectivity index (χ4v) is 3.49. The van der Waals surface area contributed by atoms with E-state index in [1.165, 1.54) is 18.2 Å². The largest absolute Gasteiger partial charge is 0.416 e. The molecule has 1 N–H and O–H groups in total. The molecule has 6 heteroatoms. The number of Topliss-reactive ketones (excluding diaryl/α,β-unsaturated/α-hetero) is 1. The molecule has 0 fully saturated rings. The molecule has 1 aliphatic rings. The lowest BCUT2D eigenvalue weighted by atomic mass is 9.92. The van der Waals surface area contributed by atoms with Crippen LogP contribution in [-0.4, -0.2) is 11.7 Å². The number of alkyl halides is 3. The highest BCUT2D eigenvalue weighted by Crippen LogP contribution is 2.41. The first-order chi connectivity index (χ1) is 12.8. The number of halogens is 3. The number of fused-ring (bicyclic) bond motifs is 1. The van der Waals surface area contributed by atoms with Gasteiger partial charge in [-0.15, -0.1) is 0 Å². The molecule has 0 aliphatic heterocycles. The standard InChI is InChI=1S/C21H18F3NO2/c1-2-20(27)25-18-12-17(15-8-3-4-9-16(15)18)19(26)11-13-6-5-7-14(10-13)21(22,23)24/h2-10,17-18H,1,11-12H2,(H,25,27). The van der Waals surface area contributed by atoms with Crippen molar-refractivity contribution in [1.82, 2.24) is 5.32 Å². The van der Waals surface area contributed by atoms with Crippen molar-refractivity contribution in [3.8, 4) is 0 Å². The van der Waals surface area contributed by atoms with Gasteiger partial charge in [0.25, 0.3) is 0 Å². The Morgan fingerprint density at radius 3 is 2.48 bits per heavy atom. The van der Waals surface area contributed by atoms with Crippen LogP contribution in [0.2, 0.25) is 0 Å². The molecule has 0 spiro atoms. The maximum Gasteiger partial charge on any atom is 0.416 e. The van der Waals surface area contributed by atoms with Gasteiger partial charge in [-0.1, -0.05) is 49.0 Å². The zero-order chi connectivity index (χ0) is 19.6. The van der Waals surface area contributed by atoms with Crippen molar-refractivity contribution >= 4 is 11.7 Å². The number of nitrogens with one attached hydrogen (secondary N) is 1. The predicted octanol–water partition coefficient (Wildman–Crippen LogP) is 4.35. The highest BCUT2D eigenvalue weighted by atomic mass is 19.4. The highest BCUT2D eigenvalue weighted by Gasteiger charge is 2.36. The minimum Gasteiger partial charge on any atom is -0.346 e. The molecule has 0 radical (unpaired) electrons. The fraction of sp³-hybridized carbons (Fsp3) is 0.238. The summed E-state index contributed by atoms with van der Waals surface area (Å²) in [6.07, 6.45) is -2.98. The lowest BCUT2D eigenvalue weighted by Crippen LogP contribution is -2.25. The second kappa shape index (κ2) is 7.39. The molecule has 0 aromatic heterocycles. The van der Waals surface area contributed by atoms with E-state index in [-0.39, 0.29) is 24.2 Å². The van der Waals surface area contributed by atoms with Crippen LogP contribution in [-0.2, 0) is 22.2 Å². The van der Waals surface area contributed by atoms with E-state index >= 15 is 0 Å². The lowest BCUT2D eigenvalue weighted by molar-refractivity contribution is -0.137. The predicted molar refractivity (Wildman–Crippen MR) is 95.0 cm³/mol. The van der Waals surface area contributed by atoms with E-state index in [0.717, 1.165) is 23.3 Å². The number of benzene rings is 2. The SMILES string of the molecule is C=CC(=O)NC1CC(C(=O)Cc2cccc(C(F)(F)F)c2)c2ccccc21. The van der Waals surface area contributed by atoms with Gasteiger partial charge in [0.2, 0.25) is 5.91 Å². The number of ketones is 1. The summed E-state index contributed by atoms with van der Waals surface area (Å²) >= 11 is 0. The number of hydrogen-bond donors (Lipinski definition) is 1. The normalized spacial score (nSPS) is 18.6. The lowest BCUT2D eigenvalue weighted by Gasteiger charge is -2.13. The third-order valence-corrected chi connectivity index (χ3v) is 4.74. The minimum atomic E-state index is -4.45. The Balaban J connectivity index is 1.81. The highest BCUT2D eigenvalue weighted by molar-refractivity contribution is 5.90. The summed E-state index contributed by atoms with van der Waals surface area (Å²) in [6, 6.07) is 11.8. The molecule has 2 atom stereocenters. The average molecular weight is 373 g/mol. The third kappa shape index (κ3) is 4.10. The number of carbonyl (C=O) groups excluding carboxylic acids is 2. The average Bonchev–Trinajstić information content (AvgIpc) is 3.00. The Hall–Kier alpha value is -2.89. The summed E-state index contributed by atoms with van der Waals surface area (Å²) in [4.78, 5) is 24.5. The molecule has 3 nitrogen and oxygen atoms in total. The Labute approximate surface area is 154 Å². The molecule has 3 rings (SSSR count). The van der Waals surface area contributed by atoms with Crippen molar-refractivity contribution < 1.29 is 22.8 Å². The molecule has 0 heterocycles. The first-order valence-electron chi connectivity index (χ1n) is 8.50. The van der Waals surface area contributed by atoms with Gasteiger partial charge >= 0.3 is 6.18 Å². The zero-order valence-corrected chi connectivity index (χ0v) is 14.4. The molecule has 0 saturated heterocycles. The maximum absolute atomic E-state index is 12.9. The van der Waals surface area contributed by atoms with Gasteiger partial charge in [0.05, 0.1) is 11.6 Å². The van der Waals surface area contributed by atoms with Gasteiger partial charge in [-0.2, -0.15) is 13.2 Å². The molecule has 0 saturated carbocycles. The van der Waals surface area contributed by atoms with Crippen LogP contribution >= 0.6 is 0 Å². The molecule has 2 aromatic rings. The van der Waals surface area contributed by atoms with Crippen LogP contribution < -0.4 is 5.32 Å².